The molecule has 2 saturated carbocycles. The Labute approximate surface area is 202 Å². The highest BCUT2D eigenvalue weighted by Gasteiger charge is 2.45. The number of amides is 3. The number of likely N-dealkylation sites (tertiary alicyclic amines) is 2. The maximum Gasteiger partial charge on any atom is 0.322 e. The summed E-state index contributed by atoms with van der Waals surface area (Å²) >= 11 is 0. The van der Waals surface area contributed by atoms with Gasteiger partial charge >= 0.3 is 6.03 Å². The van der Waals surface area contributed by atoms with Crippen LogP contribution in [0.2, 0.25) is 0 Å². The van der Waals surface area contributed by atoms with Crippen molar-refractivity contribution < 1.29 is 9.59 Å². The van der Waals surface area contributed by atoms with E-state index in [0.717, 1.165) is 61.2 Å². The van der Waals surface area contributed by atoms with Crippen LogP contribution >= 0.6 is 0 Å². The minimum Gasteiger partial charge on any atom is -0.339 e. The van der Waals surface area contributed by atoms with E-state index in [2.05, 4.69) is 28.4 Å². The molecule has 4 aliphatic rings. The molecular formula is C29H37N3O2. The Balaban J connectivity index is 1.10. The van der Waals surface area contributed by atoms with Crippen molar-refractivity contribution in [3.05, 3.63) is 42.5 Å². The van der Waals surface area contributed by atoms with Crippen molar-refractivity contribution in [2.45, 2.75) is 76.3 Å². The maximum atomic E-state index is 13.6. The molecule has 4 unspecified atom stereocenters. The fourth-order valence-corrected chi connectivity index (χ4v) is 7.57. The van der Waals surface area contributed by atoms with Gasteiger partial charge in [0, 0.05) is 36.5 Å². The summed E-state index contributed by atoms with van der Waals surface area (Å²) < 4.78 is 0. The number of anilines is 1. The number of hydrogen-bond acceptors (Lipinski definition) is 2. The van der Waals surface area contributed by atoms with Gasteiger partial charge in [-0.25, -0.2) is 4.79 Å². The Hall–Kier alpha value is -2.56. The molecular weight excluding hydrogens is 422 g/mol. The van der Waals surface area contributed by atoms with E-state index >= 15 is 0 Å². The van der Waals surface area contributed by atoms with Crippen molar-refractivity contribution in [2.24, 2.45) is 17.8 Å². The van der Waals surface area contributed by atoms with Crippen LogP contribution in [-0.4, -0.2) is 46.9 Å². The first-order valence-electron chi connectivity index (χ1n) is 13.5. The molecule has 0 aromatic heterocycles. The van der Waals surface area contributed by atoms with Gasteiger partial charge in [0.1, 0.15) is 0 Å². The van der Waals surface area contributed by atoms with Gasteiger partial charge in [0.15, 0.2) is 0 Å². The second kappa shape index (κ2) is 9.24. The monoisotopic (exact) mass is 459 g/mol. The van der Waals surface area contributed by atoms with Gasteiger partial charge in [-0.1, -0.05) is 49.2 Å². The Bertz CT molecular complexity index is 1060. The van der Waals surface area contributed by atoms with Crippen molar-refractivity contribution in [3.8, 4) is 0 Å². The number of hydrogen-bond donors (Lipinski definition) is 1. The summed E-state index contributed by atoms with van der Waals surface area (Å²) in [4.78, 5) is 31.2. The quantitative estimate of drug-likeness (QED) is 0.595. The summed E-state index contributed by atoms with van der Waals surface area (Å²) in [6.45, 7) is 1.76. The SMILES string of the molecule is O=C(Nc1cccc2ccccc12)N1CCC2CC(C(=O)N3CCCC4CCCC[C@@H]43)CCC21. The molecule has 5 heteroatoms. The predicted octanol–water partition coefficient (Wildman–Crippen LogP) is 6.04. The summed E-state index contributed by atoms with van der Waals surface area (Å²) in [6, 6.07) is 15.0. The Kier molecular flexibility index (Phi) is 5.96. The van der Waals surface area contributed by atoms with Crippen molar-refractivity contribution in [1.29, 1.82) is 0 Å². The maximum absolute atomic E-state index is 13.6. The number of carbonyl (C=O) groups is 2. The zero-order chi connectivity index (χ0) is 23.1. The first kappa shape index (κ1) is 21.9. The van der Waals surface area contributed by atoms with E-state index in [1.807, 2.05) is 29.2 Å². The minimum absolute atomic E-state index is 0.00899. The second-order valence-electron chi connectivity index (χ2n) is 11.1. The number of nitrogens with zero attached hydrogens (tertiary/aromatic N) is 2. The Morgan fingerprint density at radius 3 is 2.47 bits per heavy atom. The average Bonchev–Trinajstić information content (AvgIpc) is 3.32. The van der Waals surface area contributed by atoms with E-state index < -0.39 is 0 Å². The van der Waals surface area contributed by atoms with Crippen LogP contribution in [-0.2, 0) is 4.79 Å². The summed E-state index contributed by atoms with van der Waals surface area (Å²) in [5.74, 6) is 1.77. The molecule has 0 spiro atoms. The van der Waals surface area contributed by atoms with Crippen LogP contribution in [0.15, 0.2) is 42.5 Å². The highest BCUT2D eigenvalue weighted by Crippen LogP contribution is 2.42. The van der Waals surface area contributed by atoms with Gasteiger partial charge in [-0.15, -0.1) is 0 Å². The van der Waals surface area contributed by atoms with Crippen molar-refractivity contribution in [1.82, 2.24) is 9.80 Å². The van der Waals surface area contributed by atoms with Gasteiger partial charge in [-0.2, -0.15) is 0 Å². The molecule has 2 aliphatic carbocycles. The number of piperidine rings is 1. The van der Waals surface area contributed by atoms with E-state index in [-0.39, 0.29) is 18.0 Å². The lowest BCUT2D eigenvalue weighted by atomic mass is 9.75. The molecule has 2 heterocycles. The first-order valence-corrected chi connectivity index (χ1v) is 13.5. The van der Waals surface area contributed by atoms with Gasteiger partial charge in [-0.05, 0) is 74.7 Å². The highest BCUT2D eigenvalue weighted by molar-refractivity contribution is 6.01. The molecule has 1 N–H and O–H groups in total. The van der Waals surface area contributed by atoms with Crippen LogP contribution in [0.5, 0.6) is 0 Å². The Morgan fingerprint density at radius 1 is 0.735 bits per heavy atom. The lowest BCUT2D eigenvalue weighted by Crippen LogP contribution is -2.52. The molecule has 2 saturated heterocycles. The highest BCUT2D eigenvalue weighted by atomic mass is 16.2. The first-order chi connectivity index (χ1) is 16.7. The molecule has 34 heavy (non-hydrogen) atoms. The number of fused-ring (bicyclic) bond motifs is 3. The van der Waals surface area contributed by atoms with Crippen LogP contribution in [0.25, 0.3) is 10.8 Å². The van der Waals surface area contributed by atoms with Gasteiger partial charge in [0.05, 0.1) is 5.69 Å². The molecule has 2 aromatic carbocycles. The normalized spacial score (nSPS) is 31.1. The van der Waals surface area contributed by atoms with E-state index in [0.29, 0.717) is 17.9 Å². The number of benzene rings is 2. The van der Waals surface area contributed by atoms with Crippen molar-refractivity contribution in [2.75, 3.05) is 18.4 Å². The molecule has 3 amide bonds. The number of nitrogens with one attached hydrogen (secondary N) is 1. The van der Waals surface area contributed by atoms with Crippen LogP contribution < -0.4 is 5.32 Å². The van der Waals surface area contributed by atoms with Gasteiger partial charge in [0.25, 0.3) is 0 Å². The fraction of sp³-hybridized carbons (Fsp3) is 0.586. The molecule has 2 aliphatic heterocycles. The third-order valence-corrected chi connectivity index (χ3v) is 9.25. The molecule has 6 rings (SSSR count). The lowest BCUT2D eigenvalue weighted by Gasteiger charge is -2.46. The van der Waals surface area contributed by atoms with E-state index in [4.69, 9.17) is 0 Å². The standard InChI is InChI=1S/C29H37N3O2/c33-28(31-17-6-10-21-8-2-4-13-26(21)31)23-14-15-27-22(19-23)16-18-32(27)29(34)30-25-12-5-9-20-7-1-3-11-24(20)25/h1,3,5,7,9,11-12,21-23,26-27H,2,4,6,8,10,13-19H2,(H,30,34)/t21?,22?,23?,26-,27?/m0/s1. The van der Waals surface area contributed by atoms with Crippen LogP contribution in [0.3, 0.4) is 0 Å². The molecule has 5 atom stereocenters. The topological polar surface area (TPSA) is 52.7 Å². The van der Waals surface area contributed by atoms with Crippen LogP contribution in [0.1, 0.15) is 64.2 Å². The third kappa shape index (κ3) is 3.97. The number of rotatable bonds is 2. The number of carbonyl (C=O) groups excluding carboxylic acids is 2. The van der Waals surface area contributed by atoms with Crippen molar-refractivity contribution >= 4 is 28.4 Å². The number of urea groups is 1. The van der Waals surface area contributed by atoms with Gasteiger partial charge < -0.3 is 15.1 Å². The Morgan fingerprint density at radius 2 is 1.53 bits per heavy atom. The summed E-state index contributed by atoms with van der Waals surface area (Å²) in [7, 11) is 0. The summed E-state index contributed by atoms with van der Waals surface area (Å²) in [6.07, 6.45) is 11.5. The zero-order valence-electron chi connectivity index (χ0n) is 20.1. The average molecular weight is 460 g/mol. The smallest absolute Gasteiger partial charge is 0.322 e. The van der Waals surface area contributed by atoms with E-state index in [1.165, 1.54) is 38.5 Å². The third-order valence-electron chi connectivity index (χ3n) is 9.25. The van der Waals surface area contributed by atoms with Crippen LogP contribution in [0.4, 0.5) is 10.5 Å². The molecule has 2 aromatic rings. The minimum atomic E-state index is 0.00899. The fourth-order valence-electron chi connectivity index (χ4n) is 7.57. The van der Waals surface area contributed by atoms with Gasteiger partial charge in [0.2, 0.25) is 5.91 Å². The largest absolute Gasteiger partial charge is 0.339 e. The van der Waals surface area contributed by atoms with E-state index in [9.17, 15) is 9.59 Å². The van der Waals surface area contributed by atoms with E-state index in [1.54, 1.807) is 0 Å². The van der Waals surface area contributed by atoms with Crippen LogP contribution in [0, 0.1) is 17.8 Å². The lowest BCUT2D eigenvalue weighted by molar-refractivity contribution is -0.143. The van der Waals surface area contributed by atoms with Gasteiger partial charge in [-0.3, -0.25) is 4.79 Å². The molecule has 0 radical (unpaired) electrons. The second-order valence-corrected chi connectivity index (χ2v) is 11.1. The summed E-state index contributed by atoms with van der Waals surface area (Å²) in [5, 5.41) is 5.40. The summed E-state index contributed by atoms with van der Waals surface area (Å²) in [5.41, 5.74) is 0.877. The molecule has 180 valence electrons. The molecule has 5 nitrogen and oxygen atoms in total. The molecule has 0 bridgehead atoms. The van der Waals surface area contributed by atoms with Crippen molar-refractivity contribution in [3.63, 3.8) is 0 Å². The molecule has 4 fully saturated rings. The zero-order valence-corrected chi connectivity index (χ0v) is 20.1. The predicted molar refractivity (Wildman–Crippen MR) is 136 cm³/mol.